The van der Waals surface area contributed by atoms with E-state index in [0.717, 1.165) is 15.3 Å². The molecule has 0 bridgehead atoms. The van der Waals surface area contributed by atoms with E-state index in [4.69, 9.17) is 4.74 Å². The highest BCUT2D eigenvalue weighted by atomic mass is 32.2. The molecule has 0 aliphatic heterocycles. The Labute approximate surface area is 150 Å². The molecule has 3 aromatic rings. The molecule has 0 fully saturated rings. The number of rotatable bonds is 6. The van der Waals surface area contributed by atoms with Gasteiger partial charge in [-0.05, 0) is 22.6 Å². The molecule has 0 radical (unpaired) electrons. The van der Waals surface area contributed by atoms with E-state index in [1.54, 1.807) is 23.1 Å². The molecule has 1 atom stereocenters. The summed E-state index contributed by atoms with van der Waals surface area (Å²) in [6.07, 6.45) is 0.576. The number of hydrogen-bond acceptors (Lipinski definition) is 4. The van der Waals surface area contributed by atoms with Crippen LogP contribution in [0.25, 0.3) is 0 Å². The molecule has 24 heavy (non-hydrogen) atoms. The van der Waals surface area contributed by atoms with Crippen LogP contribution in [0.5, 0.6) is 0 Å². The SMILES string of the molecule is COC(=O)C(Cc1ccccc1)(Sc1cccs1)c1ccccc1. The number of hydrogen-bond donors (Lipinski definition) is 0. The normalized spacial score (nSPS) is 13.2. The van der Waals surface area contributed by atoms with Crippen molar-refractivity contribution in [3.05, 3.63) is 89.3 Å². The lowest BCUT2D eigenvalue weighted by Crippen LogP contribution is -2.36. The number of benzene rings is 2. The summed E-state index contributed by atoms with van der Waals surface area (Å²) in [6.45, 7) is 0. The van der Waals surface area contributed by atoms with Gasteiger partial charge in [-0.2, -0.15) is 0 Å². The molecule has 0 saturated carbocycles. The van der Waals surface area contributed by atoms with Crippen LogP contribution in [0.15, 0.2) is 82.4 Å². The van der Waals surface area contributed by atoms with Gasteiger partial charge in [0.1, 0.15) is 4.75 Å². The highest BCUT2D eigenvalue weighted by Gasteiger charge is 2.43. The Balaban J connectivity index is 2.10. The third kappa shape index (κ3) is 3.55. The number of carbonyl (C=O) groups excluding carboxylic acids is 1. The van der Waals surface area contributed by atoms with Crippen LogP contribution in [0, 0.1) is 0 Å². The summed E-state index contributed by atoms with van der Waals surface area (Å²) in [5.74, 6) is -0.226. The average Bonchev–Trinajstić information content (AvgIpc) is 3.15. The minimum absolute atomic E-state index is 0.226. The Morgan fingerprint density at radius 2 is 1.67 bits per heavy atom. The molecule has 4 heteroatoms. The highest BCUT2D eigenvalue weighted by molar-refractivity contribution is 8.02. The summed E-state index contributed by atoms with van der Waals surface area (Å²) in [5, 5.41) is 2.03. The third-order valence-corrected chi connectivity index (χ3v) is 6.25. The summed E-state index contributed by atoms with van der Waals surface area (Å²) in [7, 11) is 1.46. The molecule has 1 heterocycles. The molecule has 3 rings (SSSR count). The van der Waals surface area contributed by atoms with Crippen molar-refractivity contribution in [2.45, 2.75) is 15.4 Å². The lowest BCUT2D eigenvalue weighted by atomic mass is 9.91. The van der Waals surface area contributed by atoms with Gasteiger partial charge in [-0.1, -0.05) is 78.5 Å². The van der Waals surface area contributed by atoms with Crippen LogP contribution < -0.4 is 0 Å². The maximum atomic E-state index is 12.9. The molecule has 0 spiro atoms. The Morgan fingerprint density at radius 3 is 2.25 bits per heavy atom. The van der Waals surface area contributed by atoms with Crippen molar-refractivity contribution >= 4 is 29.1 Å². The standard InChI is InChI=1S/C20H18O2S2/c1-22-19(21)20(17-11-6-3-7-12-17,24-18-13-8-14-23-18)15-16-9-4-2-5-10-16/h2-14H,15H2,1H3. The first kappa shape index (κ1) is 16.8. The van der Waals surface area contributed by atoms with Gasteiger partial charge in [0.05, 0.1) is 11.3 Å². The Hall–Kier alpha value is -2.04. The first-order valence-electron chi connectivity index (χ1n) is 7.65. The first-order valence-corrected chi connectivity index (χ1v) is 9.34. The molecule has 0 aliphatic carbocycles. The van der Waals surface area contributed by atoms with Gasteiger partial charge in [0.25, 0.3) is 0 Å². The van der Waals surface area contributed by atoms with Gasteiger partial charge in [0.2, 0.25) is 0 Å². The van der Waals surface area contributed by atoms with Crippen LogP contribution in [-0.2, 0) is 20.7 Å². The molecular weight excluding hydrogens is 336 g/mol. The molecule has 122 valence electrons. The molecule has 0 amide bonds. The van der Waals surface area contributed by atoms with E-state index in [9.17, 15) is 4.79 Å². The zero-order chi connectivity index (χ0) is 16.8. The smallest absolute Gasteiger partial charge is 0.327 e. The second kappa shape index (κ2) is 7.69. The summed E-state index contributed by atoms with van der Waals surface area (Å²) >= 11 is 3.21. The highest BCUT2D eigenvalue weighted by Crippen LogP contribution is 2.46. The van der Waals surface area contributed by atoms with Crippen LogP contribution in [-0.4, -0.2) is 13.1 Å². The fourth-order valence-corrected chi connectivity index (χ4v) is 5.06. The molecule has 0 N–H and O–H groups in total. The first-order chi connectivity index (χ1) is 11.7. The van der Waals surface area contributed by atoms with Crippen molar-refractivity contribution < 1.29 is 9.53 Å². The minimum atomic E-state index is -0.803. The van der Waals surface area contributed by atoms with Gasteiger partial charge in [0, 0.05) is 6.42 Å². The molecule has 0 saturated heterocycles. The average molecular weight is 354 g/mol. The van der Waals surface area contributed by atoms with Crippen LogP contribution in [0.3, 0.4) is 0 Å². The van der Waals surface area contributed by atoms with Crippen molar-refractivity contribution in [2.75, 3.05) is 7.11 Å². The van der Waals surface area contributed by atoms with Crippen LogP contribution in [0.1, 0.15) is 11.1 Å². The predicted molar refractivity (Wildman–Crippen MR) is 100 cm³/mol. The van der Waals surface area contributed by atoms with Crippen LogP contribution in [0.2, 0.25) is 0 Å². The van der Waals surface area contributed by atoms with Crippen molar-refractivity contribution in [1.82, 2.24) is 0 Å². The molecular formula is C20H18O2S2. The molecule has 2 nitrogen and oxygen atoms in total. The maximum absolute atomic E-state index is 12.9. The summed E-state index contributed by atoms with van der Waals surface area (Å²) in [6, 6.07) is 24.0. The zero-order valence-corrected chi connectivity index (χ0v) is 15.0. The number of esters is 1. The fourth-order valence-electron chi connectivity index (χ4n) is 2.68. The molecule has 2 aromatic carbocycles. The number of ether oxygens (including phenoxy) is 1. The number of thiophene rings is 1. The largest absolute Gasteiger partial charge is 0.468 e. The van der Waals surface area contributed by atoms with Crippen molar-refractivity contribution in [1.29, 1.82) is 0 Å². The van der Waals surface area contributed by atoms with Gasteiger partial charge < -0.3 is 4.74 Å². The third-order valence-electron chi connectivity index (χ3n) is 3.82. The quantitative estimate of drug-likeness (QED) is 0.452. The number of carbonyl (C=O) groups is 1. The molecule has 1 aromatic heterocycles. The van der Waals surface area contributed by atoms with Gasteiger partial charge in [-0.25, -0.2) is 0 Å². The predicted octanol–water partition coefficient (Wildman–Crippen LogP) is 5.15. The topological polar surface area (TPSA) is 26.3 Å². The second-order valence-electron chi connectivity index (χ2n) is 5.38. The van der Waals surface area contributed by atoms with E-state index in [1.807, 2.05) is 66.0 Å². The van der Waals surface area contributed by atoms with Crippen molar-refractivity contribution in [2.24, 2.45) is 0 Å². The van der Waals surface area contributed by atoms with E-state index in [0.29, 0.717) is 6.42 Å². The maximum Gasteiger partial charge on any atom is 0.327 e. The number of methoxy groups -OCH3 is 1. The summed E-state index contributed by atoms with van der Waals surface area (Å²) in [5.41, 5.74) is 2.06. The van der Waals surface area contributed by atoms with Crippen molar-refractivity contribution in [3.8, 4) is 0 Å². The van der Waals surface area contributed by atoms with E-state index in [1.165, 1.54) is 7.11 Å². The van der Waals surface area contributed by atoms with Gasteiger partial charge in [-0.15, -0.1) is 11.3 Å². The monoisotopic (exact) mass is 354 g/mol. The van der Waals surface area contributed by atoms with Crippen LogP contribution >= 0.6 is 23.1 Å². The van der Waals surface area contributed by atoms with Gasteiger partial charge in [-0.3, -0.25) is 4.79 Å². The van der Waals surface area contributed by atoms with Crippen molar-refractivity contribution in [3.63, 3.8) is 0 Å². The minimum Gasteiger partial charge on any atom is -0.468 e. The fraction of sp³-hybridized carbons (Fsp3) is 0.150. The molecule has 0 aliphatic rings. The summed E-state index contributed by atoms with van der Waals surface area (Å²) in [4.78, 5) is 12.9. The lowest BCUT2D eigenvalue weighted by Gasteiger charge is -2.30. The lowest BCUT2D eigenvalue weighted by molar-refractivity contribution is -0.143. The molecule has 1 unspecified atom stereocenters. The Kier molecular flexibility index (Phi) is 5.38. The summed E-state index contributed by atoms with van der Waals surface area (Å²) < 4.78 is 5.53. The van der Waals surface area contributed by atoms with Gasteiger partial charge in [0.15, 0.2) is 0 Å². The van der Waals surface area contributed by atoms with Gasteiger partial charge >= 0.3 is 5.97 Å². The number of thioether (sulfide) groups is 1. The van der Waals surface area contributed by atoms with E-state index >= 15 is 0 Å². The van der Waals surface area contributed by atoms with E-state index in [-0.39, 0.29) is 5.97 Å². The van der Waals surface area contributed by atoms with E-state index < -0.39 is 4.75 Å². The second-order valence-corrected chi connectivity index (χ2v) is 7.93. The van der Waals surface area contributed by atoms with Crippen LogP contribution in [0.4, 0.5) is 0 Å². The zero-order valence-electron chi connectivity index (χ0n) is 13.3. The Morgan fingerprint density at radius 1 is 1.00 bits per heavy atom. The van der Waals surface area contributed by atoms with E-state index in [2.05, 4.69) is 12.1 Å². The Bertz CT molecular complexity index is 770.